The minimum Gasteiger partial charge on any atom is -0.377 e. The molecule has 0 bridgehead atoms. The van der Waals surface area contributed by atoms with Crippen molar-refractivity contribution in [3.05, 3.63) is 54.1 Å². The van der Waals surface area contributed by atoms with Crippen LogP contribution in [0.3, 0.4) is 0 Å². The first-order valence-corrected chi connectivity index (χ1v) is 9.43. The molecule has 4 aromatic rings. The van der Waals surface area contributed by atoms with Gasteiger partial charge in [0.25, 0.3) is 5.91 Å². The highest BCUT2D eigenvalue weighted by molar-refractivity contribution is 5.95. The molecular weight excluding hydrogens is 370 g/mol. The third kappa shape index (κ3) is 3.15. The second-order valence-corrected chi connectivity index (χ2v) is 6.99. The van der Waals surface area contributed by atoms with Gasteiger partial charge in [0.1, 0.15) is 0 Å². The van der Waals surface area contributed by atoms with Crippen molar-refractivity contribution in [3.8, 4) is 0 Å². The Labute approximate surface area is 166 Å². The molecule has 0 aliphatic carbocycles. The van der Waals surface area contributed by atoms with Gasteiger partial charge in [0.15, 0.2) is 5.82 Å². The summed E-state index contributed by atoms with van der Waals surface area (Å²) in [5.41, 5.74) is 3.59. The summed E-state index contributed by atoms with van der Waals surface area (Å²) in [6.07, 6.45) is 0. The summed E-state index contributed by atoms with van der Waals surface area (Å²) >= 11 is 0. The molecule has 1 aliphatic heterocycles. The monoisotopic (exact) mass is 389 g/mol. The lowest BCUT2D eigenvalue weighted by molar-refractivity contribution is 0.00359. The standard InChI is InChI=1S/C20H19N7O2/c1-13-12-29-11-10-26(13)20(28)14-6-8-15(9-7-14)21-18-19-23-24-25-27(19)17-5-3-2-4-16(17)22-18/h2-9,13H,10-12H2,1H3,(H,21,22)/t13-/m0/s1. The van der Waals surface area contributed by atoms with Crippen molar-refractivity contribution in [1.29, 1.82) is 0 Å². The number of hydrogen-bond acceptors (Lipinski definition) is 7. The van der Waals surface area contributed by atoms with Crippen molar-refractivity contribution < 1.29 is 9.53 Å². The Hall–Kier alpha value is -3.59. The number of hydrogen-bond donors (Lipinski definition) is 1. The average molecular weight is 389 g/mol. The summed E-state index contributed by atoms with van der Waals surface area (Å²) < 4.78 is 7.07. The third-order valence-electron chi connectivity index (χ3n) is 5.05. The van der Waals surface area contributed by atoms with Crippen LogP contribution in [0.25, 0.3) is 16.7 Å². The Bertz CT molecular complexity index is 1190. The molecule has 1 fully saturated rings. The predicted octanol–water partition coefficient (Wildman–Crippen LogP) is 2.28. The van der Waals surface area contributed by atoms with Crippen LogP contribution in [0.1, 0.15) is 17.3 Å². The molecule has 9 heteroatoms. The van der Waals surface area contributed by atoms with Gasteiger partial charge in [0.2, 0.25) is 5.65 Å². The molecule has 0 unspecified atom stereocenters. The van der Waals surface area contributed by atoms with Crippen molar-refractivity contribution in [2.45, 2.75) is 13.0 Å². The topological polar surface area (TPSA) is 97.5 Å². The molecule has 1 aliphatic rings. The smallest absolute Gasteiger partial charge is 0.254 e. The highest BCUT2D eigenvalue weighted by atomic mass is 16.5. The highest BCUT2D eigenvalue weighted by Crippen LogP contribution is 2.23. The summed E-state index contributed by atoms with van der Waals surface area (Å²) in [5, 5.41) is 15.2. The summed E-state index contributed by atoms with van der Waals surface area (Å²) in [5.74, 6) is 0.565. The van der Waals surface area contributed by atoms with Crippen LogP contribution in [0.4, 0.5) is 11.5 Å². The maximum atomic E-state index is 12.8. The van der Waals surface area contributed by atoms with Crippen LogP contribution in [0.5, 0.6) is 0 Å². The molecule has 1 amide bonds. The van der Waals surface area contributed by atoms with E-state index in [1.165, 1.54) is 0 Å². The van der Waals surface area contributed by atoms with Gasteiger partial charge in [-0.25, -0.2) is 4.98 Å². The number of aromatic nitrogens is 5. The molecule has 2 aromatic heterocycles. The molecule has 3 heterocycles. The molecule has 0 saturated carbocycles. The lowest BCUT2D eigenvalue weighted by Gasteiger charge is -2.33. The first-order chi connectivity index (χ1) is 14.2. The number of nitrogens with one attached hydrogen (secondary N) is 1. The van der Waals surface area contributed by atoms with Gasteiger partial charge in [-0.1, -0.05) is 12.1 Å². The first kappa shape index (κ1) is 17.5. The van der Waals surface area contributed by atoms with E-state index in [2.05, 4.69) is 25.8 Å². The van der Waals surface area contributed by atoms with Crippen LogP contribution >= 0.6 is 0 Å². The molecule has 9 nitrogen and oxygen atoms in total. The molecule has 1 saturated heterocycles. The van der Waals surface area contributed by atoms with Crippen LogP contribution in [0.2, 0.25) is 0 Å². The molecule has 29 heavy (non-hydrogen) atoms. The van der Waals surface area contributed by atoms with Crippen LogP contribution in [0, 0.1) is 0 Å². The van der Waals surface area contributed by atoms with E-state index in [-0.39, 0.29) is 11.9 Å². The number of carbonyl (C=O) groups is 1. The van der Waals surface area contributed by atoms with E-state index in [1.807, 2.05) is 60.4 Å². The minimum absolute atomic E-state index is 0.0141. The minimum atomic E-state index is 0.0141. The van der Waals surface area contributed by atoms with Crippen LogP contribution in [-0.2, 0) is 4.74 Å². The van der Waals surface area contributed by atoms with Crippen molar-refractivity contribution in [3.63, 3.8) is 0 Å². The molecule has 146 valence electrons. The quantitative estimate of drug-likeness (QED) is 0.574. The number of ether oxygens (including phenoxy) is 1. The summed E-state index contributed by atoms with van der Waals surface area (Å²) in [6.45, 7) is 3.75. The lowest BCUT2D eigenvalue weighted by Crippen LogP contribution is -2.47. The maximum absolute atomic E-state index is 12.8. The van der Waals surface area contributed by atoms with Gasteiger partial charge in [-0.05, 0) is 53.7 Å². The number of carbonyl (C=O) groups excluding carboxylic acids is 1. The maximum Gasteiger partial charge on any atom is 0.254 e. The van der Waals surface area contributed by atoms with Crippen molar-refractivity contribution >= 4 is 34.1 Å². The number of amides is 1. The summed E-state index contributed by atoms with van der Waals surface area (Å²) in [6, 6.07) is 15.1. The number of fused-ring (bicyclic) bond motifs is 3. The number of morpholine rings is 1. The number of rotatable bonds is 3. The zero-order valence-electron chi connectivity index (χ0n) is 15.8. The molecule has 1 atom stereocenters. The van der Waals surface area contributed by atoms with E-state index in [9.17, 15) is 4.79 Å². The van der Waals surface area contributed by atoms with E-state index in [4.69, 9.17) is 4.74 Å². The largest absolute Gasteiger partial charge is 0.377 e. The van der Waals surface area contributed by atoms with Crippen LogP contribution in [0.15, 0.2) is 48.5 Å². The Morgan fingerprint density at radius 2 is 2.00 bits per heavy atom. The van der Waals surface area contributed by atoms with Crippen molar-refractivity contribution in [2.24, 2.45) is 0 Å². The zero-order valence-corrected chi connectivity index (χ0v) is 15.8. The Balaban J connectivity index is 1.42. The second-order valence-electron chi connectivity index (χ2n) is 6.99. The van der Waals surface area contributed by atoms with E-state index in [0.717, 1.165) is 16.7 Å². The Morgan fingerprint density at radius 1 is 1.17 bits per heavy atom. The fraction of sp³-hybridized carbons (Fsp3) is 0.250. The van der Waals surface area contributed by atoms with Gasteiger partial charge in [0.05, 0.1) is 30.3 Å². The Morgan fingerprint density at radius 3 is 2.83 bits per heavy atom. The molecule has 0 radical (unpaired) electrons. The average Bonchev–Trinajstić information content (AvgIpc) is 3.25. The predicted molar refractivity (Wildman–Crippen MR) is 107 cm³/mol. The van der Waals surface area contributed by atoms with E-state index < -0.39 is 0 Å². The van der Waals surface area contributed by atoms with Gasteiger partial charge >= 0.3 is 0 Å². The third-order valence-corrected chi connectivity index (χ3v) is 5.05. The van der Waals surface area contributed by atoms with Gasteiger partial charge in [-0.2, -0.15) is 4.52 Å². The first-order valence-electron chi connectivity index (χ1n) is 9.43. The summed E-state index contributed by atoms with van der Waals surface area (Å²) in [4.78, 5) is 19.3. The normalized spacial score (nSPS) is 17.0. The fourth-order valence-corrected chi connectivity index (χ4v) is 3.52. The SMILES string of the molecule is C[C@H]1COCCN1C(=O)c1ccc(Nc2nc3ccccc3n3nnnc23)cc1. The molecular formula is C20H19N7O2. The van der Waals surface area contributed by atoms with E-state index >= 15 is 0 Å². The summed E-state index contributed by atoms with van der Waals surface area (Å²) in [7, 11) is 0. The highest BCUT2D eigenvalue weighted by Gasteiger charge is 2.24. The van der Waals surface area contributed by atoms with Gasteiger partial charge in [-0.3, -0.25) is 4.79 Å². The zero-order chi connectivity index (χ0) is 19.8. The number of nitrogens with zero attached hydrogens (tertiary/aromatic N) is 6. The molecule has 1 N–H and O–H groups in total. The fourth-order valence-electron chi connectivity index (χ4n) is 3.52. The van der Waals surface area contributed by atoms with E-state index in [1.54, 1.807) is 4.52 Å². The van der Waals surface area contributed by atoms with Gasteiger partial charge in [0, 0.05) is 17.8 Å². The number of anilines is 2. The van der Waals surface area contributed by atoms with Gasteiger partial charge < -0.3 is 15.0 Å². The lowest BCUT2D eigenvalue weighted by atomic mass is 10.1. The molecule has 0 spiro atoms. The van der Waals surface area contributed by atoms with E-state index in [0.29, 0.717) is 36.8 Å². The van der Waals surface area contributed by atoms with Crippen LogP contribution in [-0.4, -0.2) is 61.6 Å². The van der Waals surface area contributed by atoms with Gasteiger partial charge in [-0.15, -0.1) is 5.10 Å². The van der Waals surface area contributed by atoms with Crippen LogP contribution < -0.4 is 5.32 Å². The number of tetrazole rings is 1. The number of benzene rings is 2. The van der Waals surface area contributed by atoms with Crippen molar-refractivity contribution in [2.75, 3.05) is 25.1 Å². The molecule has 2 aromatic carbocycles. The molecule has 5 rings (SSSR count). The second kappa shape index (κ2) is 7.10. The number of para-hydroxylation sites is 2. The van der Waals surface area contributed by atoms with Crippen molar-refractivity contribution in [1.82, 2.24) is 29.9 Å². The Kier molecular flexibility index (Phi) is 4.28.